The molecular weight excluding hydrogens is 893 g/mol. The normalized spacial score (nSPS) is 14.2. The fourth-order valence-corrected chi connectivity index (χ4v) is 7.96. The lowest BCUT2D eigenvalue weighted by Gasteiger charge is -2.34. The van der Waals surface area contributed by atoms with Gasteiger partial charge in [-0.25, -0.2) is 4.85 Å². The van der Waals surface area contributed by atoms with E-state index in [-0.39, 0.29) is 11.7 Å². The molecule has 0 amide bonds. The van der Waals surface area contributed by atoms with Crippen LogP contribution in [-0.4, -0.2) is 165 Å². The Morgan fingerprint density at radius 1 is 0.500 bits per heavy atom. The first-order chi connectivity index (χ1) is 34.1. The van der Waals surface area contributed by atoms with Crippen molar-refractivity contribution in [1.29, 1.82) is 16.1 Å². The number of amidine groups is 2. The Balaban J connectivity index is 0.000000261. The third-order valence-corrected chi connectivity index (χ3v) is 12.0. The number of nitrogen functional groups attached to an aromatic ring is 2. The minimum atomic E-state index is 0.00666. The minimum absolute atomic E-state index is 0.00666. The summed E-state index contributed by atoms with van der Waals surface area (Å²) in [6, 6.07) is 23.2. The van der Waals surface area contributed by atoms with Crippen molar-refractivity contribution in [1.82, 2.24) is 19.6 Å². The number of nitrogens with zero attached hydrogens (tertiary/aromatic N) is 6. The van der Waals surface area contributed by atoms with Crippen LogP contribution < -0.4 is 49.4 Å². The second-order valence-electron chi connectivity index (χ2n) is 16.7. The molecule has 18 heteroatoms. The molecule has 6 rings (SSSR count). The second-order valence-corrected chi connectivity index (χ2v) is 16.7. The van der Waals surface area contributed by atoms with E-state index in [1.165, 1.54) is 0 Å². The molecule has 4 aromatic carbocycles. The zero-order valence-electron chi connectivity index (χ0n) is 41.2. The fourth-order valence-electron chi connectivity index (χ4n) is 7.96. The lowest BCUT2D eigenvalue weighted by molar-refractivity contribution is 0.120. The van der Waals surface area contributed by atoms with Crippen LogP contribution in [0.15, 0.2) is 72.8 Å². The van der Waals surface area contributed by atoms with Gasteiger partial charge < -0.3 is 69.0 Å². The molecule has 2 aliphatic heterocycles. The maximum Gasteiger partial charge on any atom is 0.191 e. The maximum absolute atomic E-state index is 8.99. The van der Waals surface area contributed by atoms with Gasteiger partial charge in [0.15, 0.2) is 45.9 Å². The molecule has 0 spiro atoms. The molecule has 0 bridgehead atoms. The van der Waals surface area contributed by atoms with Gasteiger partial charge in [0.1, 0.15) is 17.4 Å². The zero-order valence-corrected chi connectivity index (χ0v) is 41.2. The number of ether oxygens (including phenoxy) is 8. The largest absolute Gasteiger partial charge is 0.494 e. The Kier molecular flexibility index (Phi) is 22.5. The summed E-state index contributed by atoms with van der Waals surface area (Å²) in [6.07, 6.45) is 3.73. The van der Waals surface area contributed by atoms with Crippen LogP contribution in [0, 0.1) is 28.7 Å². The number of nitriles is 1. The van der Waals surface area contributed by atoms with E-state index in [2.05, 4.69) is 30.5 Å². The van der Waals surface area contributed by atoms with E-state index in [0.717, 1.165) is 104 Å². The van der Waals surface area contributed by atoms with Gasteiger partial charge in [-0.05, 0) is 86.3 Å². The average molecular weight is 963 g/mol. The van der Waals surface area contributed by atoms with Crippen LogP contribution in [0.5, 0.6) is 46.0 Å². The highest BCUT2D eigenvalue weighted by Gasteiger charge is 2.19. The van der Waals surface area contributed by atoms with Crippen LogP contribution in [0.2, 0.25) is 0 Å². The highest BCUT2D eigenvalue weighted by molar-refractivity contribution is 5.96. The number of piperazine rings is 2. The summed E-state index contributed by atoms with van der Waals surface area (Å²) in [4.78, 5) is 13.3. The fraction of sp³-hybridized carbons (Fsp3) is 0.462. The van der Waals surface area contributed by atoms with Crippen molar-refractivity contribution >= 4 is 17.4 Å². The summed E-state index contributed by atoms with van der Waals surface area (Å²) in [6.45, 7) is 21.8. The molecule has 0 atom stereocenters. The molecule has 6 N–H and O–H groups in total. The van der Waals surface area contributed by atoms with E-state index >= 15 is 0 Å². The smallest absolute Gasteiger partial charge is 0.191 e. The van der Waals surface area contributed by atoms with Crippen LogP contribution in [-0.2, 0) is 0 Å². The molecule has 0 aromatic heterocycles. The Morgan fingerprint density at radius 2 is 0.814 bits per heavy atom. The van der Waals surface area contributed by atoms with Crippen LogP contribution in [0.1, 0.15) is 42.4 Å². The summed E-state index contributed by atoms with van der Waals surface area (Å²) in [5.41, 5.74) is 13.4. The van der Waals surface area contributed by atoms with E-state index in [0.29, 0.717) is 94.8 Å². The number of benzene rings is 4. The predicted molar refractivity (Wildman–Crippen MR) is 271 cm³/mol. The number of nitrogens with two attached hydrogens (primary N) is 2. The lowest BCUT2D eigenvalue weighted by Crippen LogP contribution is -2.47. The monoisotopic (exact) mass is 963 g/mol. The molecule has 376 valence electrons. The summed E-state index contributed by atoms with van der Waals surface area (Å²) in [5.74, 6) is 5.08. The van der Waals surface area contributed by atoms with Crippen LogP contribution in [0.25, 0.3) is 4.85 Å². The maximum atomic E-state index is 8.99. The summed E-state index contributed by atoms with van der Waals surface area (Å²) >= 11 is 0. The van der Waals surface area contributed by atoms with Gasteiger partial charge in [-0.15, -0.1) is 0 Å². The number of methoxy groups -OCH3 is 4. The standard InChI is InChI=1S/C26H38N6O4.C26H32N4O4/c1-33-23-17-19(25(27)28)5-7-21(23)35-15-3-9-31-11-13-32(14-12-31)10-4-16-36-22-8-6-20(26(29)30)18-24(22)34-2;1-28-22-7-9-24(26(19-22)32-3)34-17-5-11-30-14-12-29(13-15-30)10-4-16-33-23-8-6-21(20-27)18-25(23)31-2/h5-8,17-18H,3-4,9-16H2,1-2H3,(H3,27,28)(H3,29,30);6-9,18-19H,4-5,10-17H2,2-3H3. The van der Waals surface area contributed by atoms with Gasteiger partial charge in [-0.3, -0.25) is 10.8 Å². The molecule has 0 aliphatic carbocycles. The van der Waals surface area contributed by atoms with Crippen molar-refractivity contribution in [2.75, 3.05) is 133 Å². The van der Waals surface area contributed by atoms with Crippen molar-refractivity contribution in [3.8, 4) is 52.1 Å². The number of hydrogen-bond donors (Lipinski definition) is 4. The van der Waals surface area contributed by atoms with Gasteiger partial charge in [0, 0.05) is 95.7 Å². The topological polar surface area (TPSA) is 215 Å². The minimum Gasteiger partial charge on any atom is -0.494 e. The summed E-state index contributed by atoms with van der Waals surface area (Å²) in [5, 5.41) is 24.1. The molecule has 2 fully saturated rings. The van der Waals surface area contributed by atoms with Crippen molar-refractivity contribution in [3.05, 3.63) is 101 Å². The molecule has 70 heavy (non-hydrogen) atoms. The Labute approximate surface area is 413 Å². The summed E-state index contributed by atoms with van der Waals surface area (Å²) in [7, 11) is 6.34. The molecule has 0 radical (unpaired) electrons. The van der Waals surface area contributed by atoms with Gasteiger partial charge in [0.05, 0.1) is 73.1 Å². The van der Waals surface area contributed by atoms with E-state index in [9.17, 15) is 0 Å². The third kappa shape index (κ3) is 17.2. The van der Waals surface area contributed by atoms with Crippen molar-refractivity contribution in [2.24, 2.45) is 11.5 Å². The highest BCUT2D eigenvalue weighted by Crippen LogP contribution is 2.32. The van der Waals surface area contributed by atoms with Gasteiger partial charge in [-0.1, -0.05) is 6.07 Å². The van der Waals surface area contributed by atoms with Crippen LogP contribution in [0.4, 0.5) is 5.69 Å². The van der Waals surface area contributed by atoms with E-state index in [1.54, 1.807) is 101 Å². The number of nitrogens with one attached hydrogen (secondary N) is 2. The van der Waals surface area contributed by atoms with Gasteiger partial charge in [0.2, 0.25) is 0 Å². The van der Waals surface area contributed by atoms with Crippen molar-refractivity contribution in [2.45, 2.75) is 25.7 Å². The first kappa shape index (κ1) is 54.0. The Bertz CT molecular complexity index is 2190. The third-order valence-electron chi connectivity index (χ3n) is 12.0. The molecule has 2 aliphatic rings. The van der Waals surface area contributed by atoms with Gasteiger partial charge in [0.25, 0.3) is 0 Å². The van der Waals surface area contributed by atoms with E-state index < -0.39 is 0 Å². The van der Waals surface area contributed by atoms with Crippen LogP contribution >= 0.6 is 0 Å². The predicted octanol–water partition coefficient (Wildman–Crippen LogP) is 6.11. The van der Waals surface area contributed by atoms with Crippen molar-refractivity contribution in [3.63, 3.8) is 0 Å². The first-order valence-corrected chi connectivity index (χ1v) is 23.7. The van der Waals surface area contributed by atoms with E-state index in [4.69, 9.17) is 72.0 Å². The molecule has 2 heterocycles. The molecular formula is C52H70N10O8. The molecule has 0 unspecified atom stereocenters. The molecule has 18 nitrogen and oxygen atoms in total. The van der Waals surface area contributed by atoms with Crippen molar-refractivity contribution < 1.29 is 37.9 Å². The average Bonchev–Trinajstić information content (AvgIpc) is 3.39. The van der Waals surface area contributed by atoms with Gasteiger partial charge >= 0.3 is 0 Å². The summed E-state index contributed by atoms with van der Waals surface area (Å²) < 4.78 is 44.9. The number of rotatable bonds is 26. The van der Waals surface area contributed by atoms with Gasteiger partial charge in [-0.2, -0.15) is 5.26 Å². The SMILES string of the molecule is COc1cc(C(=N)N)ccc1OCCCN1CCN(CCCOc2ccc(C(=N)N)cc2OC)CC1.[C-]#[N+]c1ccc(OCCCN2CCN(CCCOc3ccc(C#N)cc3OC)CC2)c(OC)c1. The second kappa shape index (κ2) is 29.2. The molecule has 0 saturated carbocycles. The quantitative estimate of drug-likeness (QED) is 0.0242. The molecule has 2 saturated heterocycles. The lowest BCUT2D eigenvalue weighted by atomic mass is 10.2. The van der Waals surface area contributed by atoms with Crippen LogP contribution in [0.3, 0.4) is 0 Å². The zero-order chi connectivity index (χ0) is 50.1. The number of hydrogen-bond acceptors (Lipinski definition) is 15. The molecule has 4 aromatic rings. The van der Waals surface area contributed by atoms with E-state index in [1.807, 2.05) is 0 Å². The first-order valence-electron chi connectivity index (χ1n) is 23.7. The Morgan fingerprint density at radius 3 is 1.13 bits per heavy atom. The Hall–Kier alpha value is -6.96. The highest BCUT2D eigenvalue weighted by atomic mass is 16.5.